The molecular weight excluding hydrogens is 246 g/mol. The Bertz CT molecular complexity index is 336. The Hall–Kier alpha value is -1.28. The van der Waals surface area contributed by atoms with Gasteiger partial charge in [0.2, 0.25) is 5.91 Å². The standard InChI is InChI=1S/C9H15N3O4S/c1-5(7(13)11-9(10)16)12-2-3-17-4-6(12)8(14)15/h5-6H,2-4H2,1H3,(H,14,15)(H3,10,11,13,16). The third kappa shape index (κ3) is 3.60. The number of nitrogens with two attached hydrogens (primary N) is 1. The molecule has 1 rings (SSSR count). The first-order chi connectivity index (χ1) is 7.93. The maximum atomic E-state index is 11.6. The molecule has 17 heavy (non-hydrogen) atoms. The topological polar surface area (TPSA) is 113 Å². The lowest BCUT2D eigenvalue weighted by Gasteiger charge is -2.36. The van der Waals surface area contributed by atoms with Crippen molar-refractivity contribution in [3.05, 3.63) is 0 Å². The summed E-state index contributed by atoms with van der Waals surface area (Å²) in [7, 11) is 0. The lowest BCUT2D eigenvalue weighted by atomic mass is 10.2. The molecule has 7 nitrogen and oxygen atoms in total. The number of nitrogens with one attached hydrogen (secondary N) is 1. The highest BCUT2D eigenvalue weighted by Crippen LogP contribution is 2.19. The van der Waals surface area contributed by atoms with Crippen LogP contribution in [0.25, 0.3) is 0 Å². The van der Waals surface area contributed by atoms with Crippen molar-refractivity contribution >= 4 is 29.7 Å². The van der Waals surface area contributed by atoms with Crippen molar-refractivity contribution in [1.82, 2.24) is 10.2 Å². The third-order valence-electron chi connectivity index (χ3n) is 2.58. The van der Waals surface area contributed by atoms with E-state index in [0.29, 0.717) is 12.3 Å². The van der Waals surface area contributed by atoms with Crippen LogP contribution in [0.4, 0.5) is 4.79 Å². The summed E-state index contributed by atoms with van der Waals surface area (Å²) in [5, 5.41) is 11.0. The number of hydrogen-bond acceptors (Lipinski definition) is 5. The lowest BCUT2D eigenvalue weighted by molar-refractivity contribution is -0.144. The molecule has 0 saturated carbocycles. The molecule has 2 unspecified atom stereocenters. The highest BCUT2D eigenvalue weighted by atomic mass is 32.2. The maximum absolute atomic E-state index is 11.6. The van der Waals surface area contributed by atoms with Crippen LogP contribution in [0.15, 0.2) is 0 Å². The van der Waals surface area contributed by atoms with Gasteiger partial charge >= 0.3 is 12.0 Å². The summed E-state index contributed by atoms with van der Waals surface area (Å²) in [5.41, 5.74) is 4.85. The van der Waals surface area contributed by atoms with E-state index in [1.807, 2.05) is 5.32 Å². The molecule has 0 aromatic rings. The minimum absolute atomic E-state index is 0.434. The normalized spacial score (nSPS) is 22.8. The Morgan fingerprint density at radius 3 is 2.71 bits per heavy atom. The van der Waals surface area contributed by atoms with Crippen molar-refractivity contribution in [2.24, 2.45) is 5.73 Å². The molecule has 1 fully saturated rings. The van der Waals surface area contributed by atoms with E-state index in [9.17, 15) is 14.4 Å². The number of imide groups is 1. The van der Waals surface area contributed by atoms with E-state index in [2.05, 4.69) is 0 Å². The molecule has 4 N–H and O–H groups in total. The van der Waals surface area contributed by atoms with E-state index >= 15 is 0 Å². The van der Waals surface area contributed by atoms with Crippen molar-refractivity contribution in [2.45, 2.75) is 19.0 Å². The van der Waals surface area contributed by atoms with Crippen LogP contribution in [0.1, 0.15) is 6.92 Å². The molecule has 96 valence electrons. The lowest BCUT2D eigenvalue weighted by Crippen LogP contribution is -2.57. The SMILES string of the molecule is CC(C(=O)NC(N)=O)N1CCSCC1C(=O)O. The maximum Gasteiger partial charge on any atom is 0.321 e. The average Bonchev–Trinajstić information content (AvgIpc) is 2.27. The Morgan fingerprint density at radius 2 is 2.18 bits per heavy atom. The first-order valence-electron chi connectivity index (χ1n) is 5.10. The number of carbonyl (C=O) groups is 3. The number of thioether (sulfide) groups is 1. The molecule has 1 heterocycles. The minimum atomic E-state index is -0.962. The van der Waals surface area contributed by atoms with Gasteiger partial charge in [0.25, 0.3) is 0 Å². The first-order valence-corrected chi connectivity index (χ1v) is 6.25. The molecular formula is C9H15N3O4S. The van der Waals surface area contributed by atoms with Gasteiger partial charge in [0.15, 0.2) is 0 Å². The number of primary amides is 1. The molecule has 0 bridgehead atoms. The van der Waals surface area contributed by atoms with Gasteiger partial charge in [0.1, 0.15) is 6.04 Å². The summed E-state index contributed by atoms with van der Waals surface area (Å²) in [6.45, 7) is 2.05. The van der Waals surface area contributed by atoms with Crippen molar-refractivity contribution in [3.8, 4) is 0 Å². The van der Waals surface area contributed by atoms with Gasteiger partial charge in [0, 0.05) is 18.1 Å². The van der Waals surface area contributed by atoms with Crippen molar-refractivity contribution in [2.75, 3.05) is 18.1 Å². The Labute approximate surface area is 103 Å². The first kappa shape index (κ1) is 13.8. The van der Waals surface area contributed by atoms with E-state index < -0.39 is 30.0 Å². The molecule has 1 aliphatic heterocycles. The van der Waals surface area contributed by atoms with E-state index in [1.165, 1.54) is 11.8 Å². The summed E-state index contributed by atoms with van der Waals surface area (Å²) in [5.74, 6) is -0.340. The zero-order valence-corrected chi connectivity index (χ0v) is 10.2. The van der Waals surface area contributed by atoms with Gasteiger partial charge in [-0.25, -0.2) is 4.79 Å². The molecule has 0 aromatic carbocycles. The van der Waals surface area contributed by atoms with Gasteiger partial charge in [-0.1, -0.05) is 0 Å². The number of carbonyl (C=O) groups excluding carboxylic acids is 2. The summed E-state index contributed by atoms with van der Waals surface area (Å²) >= 11 is 1.53. The summed E-state index contributed by atoms with van der Waals surface area (Å²) < 4.78 is 0. The number of rotatable bonds is 3. The van der Waals surface area contributed by atoms with Crippen LogP contribution < -0.4 is 11.1 Å². The van der Waals surface area contributed by atoms with Gasteiger partial charge in [-0.05, 0) is 6.92 Å². The van der Waals surface area contributed by atoms with Crippen LogP contribution >= 0.6 is 11.8 Å². The fourth-order valence-corrected chi connectivity index (χ4v) is 2.73. The van der Waals surface area contributed by atoms with Crippen molar-refractivity contribution in [3.63, 3.8) is 0 Å². The van der Waals surface area contributed by atoms with Gasteiger partial charge in [-0.2, -0.15) is 11.8 Å². The Balaban J connectivity index is 2.70. The number of urea groups is 1. The smallest absolute Gasteiger partial charge is 0.321 e. The summed E-state index contributed by atoms with van der Waals surface area (Å²) in [6, 6.07) is -2.33. The number of amides is 3. The van der Waals surface area contributed by atoms with Crippen molar-refractivity contribution in [1.29, 1.82) is 0 Å². The van der Waals surface area contributed by atoms with Crippen molar-refractivity contribution < 1.29 is 19.5 Å². The highest BCUT2D eigenvalue weighted by molar-refractivity contribution is 7.99. The fraction of sp³-hybridized carbons (Fsp3) is 0.667. The number of carboxylic acid groups (broad SMARTS) is 1. The molecule has 0 radical (unpaired) electrons. The molecule has 8 heteroatoms. The van der Waals surface area contributed by atoms with Crippen LogP contribution in [0.3, 0.4) is 0 Å². The molecule has 3 amide bonds. The molecule has 1 aliphatic rings. The van der Waals surface area contributed by atoms with Crippen LogP contribution in [-0.2, 0) is 9.59 Å². The number of hydrogen-bond donors (Lipinski definition) is 3. The predicted octanol–water partition coefficient (Wildman–Crippen LogP) is -0.928. The second-order valence-corrected chi connectivity index (χ2v) is 4.85. The number of nitrogens with zero attached hydrogens (tertiary/aromatic N) is 1. The predicted molar refractivity (Wildman–Crippen MR) is 62.6 cm³/mol. The molecule has 0 spiro atoms. The average molecular weight is 261 g/mol. The largest absolute Gasteiger partial charge is 0.480 e. The van der Waals surface area contributed by atoms with Gasteiger partial charge in [0.05, 0.1) is 6.04 Å². The van der Waals surface area contributed by atoms with Gasteiger partial charge < -0.3 is 10.8 Å². The third-order valence-corrected chi connectivity index (χ3v) is 3.60. The quantitative estimate of drug-likeness (QED) is 0.605. The molecule has 2 atom stereocenters. The highest BCUT2D eigenvalue weighted by Gasteiger charge is 2.35. The van der Waals surface area contributed by atoms with Crippen LogP contribution in [-0.4, -0.2) is 58.0 Å². The molecule has 0 aliphatic carbocycles. The van der Waals surface area contributed by atoms with Gasteiger partial charge in [-0.3, -0.25) is 19.8 Å². The number of carboxylic acids is 1. The zero-order chi connectivity index (χ0) is 13.0. The summed E-state index contributed by atoms with van der Waals surface area (Å²) in [6.07, 6.45) is 0. The second-order valence-electron chi connectivity index (χ2n) is 3.70. The van der Waals surface area contributed by atoms with Crippen LogP contribution in [0, 0.1) is 0 Å². The molecule has 0 aromatic heterocycles. The van der Waals surface area contributed by atoms with E-state index in [0.717, 1.165) is 5.75 Å². The second kappa shape index (κ2) is 5.87. The summed E-state index contributed by atoms with van der Waals surface area (Å²) in [4.78, 5) is 34.7. The zero-order valence-electron chi connectivity index (χ0n) is 9.38. The fourth-order valence-electron chi connectivity index (χ4n) is 1.67. The Morgan fingerprint density at radius 1 is 1.53 bits per heavy atom. The number of aliphatic carboxylic acids is 1. The van der Waals surface area contributed by atoms with Gasteiger partial charge in [-0.15, -0.1) is 0 Å². The monoisotopic (exact) mass is 261 g/mol. The van der Waals surface area contributed by atoms with E-state index in [4.69, 9.17) is 10.8 Å². The Kier molecular flexibility index (Phi) is 4.76. The van der Waals surface area contributed by atoms with E-state index in [1.54, 1.807) is 11.8 Å². The molecule has 1 saturated heterocycles. The van der Waals surface area contributed by atoms with Crippen LogP contribution in [0.2, 0.25) is 0 Å². The minimum Gasteiger partial charge on any atom is -0.480 e. The van der Waals surface area contributed by atoms with E-state index in [-0.39, 0.29) is 0 Å². The van der Waals surface area contributed by atoms with Crippen LogP contribution in [0.5, 0.6) is 0 Å².